The van der Waals surface area contributed by atoms with Gasteiger partial charge in [0.15, 0.2) is 0 Å². The van der Waals surface area contributed by atoms with Crippen LogP contribution in [0.1, 0.15) is 17.2 Å². The Hall–Kier alpha value is -2.05. The zero-order valence-electron chi connectivity index (χ0n) is 11.5. The van der Waals surface area contributed by atoms with Crippen LogP contribution < -0.4 is 10.1 Å². The molecule has 21 heavy (non-hydrogen) atoms. The lowest BCUT2D eigenvalue weighted by Gasteiger charge is -2.13. The van der Waals surface area contributed by atoms with Crippen LogP contribution in [0.2, 0.25) is 0 Å². The minimum atomic E-state index is -1.12. The van der Waals surface area contributed by atoms with Crippen LogP contribution in [-0.4, -0.2) is 23.7 Å². The number of aromatic nitrogens is 1. The molecule has 6 heteroatoms. The highest BCUT2D eigenvalue weighted by atomic mass is 19.1. The molecule has 4 nitrogen and oxygen atoms in total. The topological polar surface area (TPSA) is 54.4 Å². The van der Waals surface area contributed by atoms with Crippen LogP contribution in [0, 0.1) is 11.6 Å². The summed E-state index contributed by atoms with van der Waals surface area (Å²) in [4.78, 5) is 4.04. The molecule has 1 heterocycles. The van der Waals surface area contributed by atoms with E-state index in [0.717, 1.165) is 23.8 Å². The number of ether oxygens (including phenoxy) is 1. The molecule has 0 saturated heterocycles. The molecular weight excluding hydrogens is 278 g/mol. The summed E-state index contributed by atoms with van der Waals surface area (Å²) in [5.41, 5.74) is 0.832. The molecule has 0 aliphatic carbocycles. The summed E-state index contributed by atoms with van der Waals surface area (Å²) in [6.45, 7) is 0.553. The van der Waals surface area contributed by atoms with Crippen LogP contribution in [0.3, 0.4) is 0 Å². The average molecular weight is 294 g/mol. The van der Waals surface area contributed by atoms with Crippen molar-refractivity contribution >= 4 is 0 Å². The highest BCUT2D eigenvalue weighted by Gasteiger charge is 2.13. The van der Waals surface area contributed by atoms with Gasteiger partial charge in [0.2, 0.25) is 5.88 Å². The third-order valence-corrected chi connectivity index (χ3v) is 2.99. The number of rotatable bonds is 6. The first kappa shape index (κ1) is 15.3. The van der Waals surface area contributed by atoms with E-state index < -0.39 is 17.7 Å². The van der Waals surface area contributed by atoms with E-state index in [1.165, 1.54) is 7.11 Å². The molecule has 0 fully saturated rings. The summed E-state index contributed by atoms with van der Waals surface area (Å²) >= 11 is 0. The van der Waals surface area contributed by atoms with E-state index in [1.54, 1.807) is 12.3 Å². The number of halogens is 2. The van der Waals surface area contributed by atoms with E-state index in [2.05, 4.69) is 10.3 Å². The van der Waals surface area contributed by atoms with E-state index in [9.17, 15) is 13.9 Å². The molecule has 0 radical (unpaired) electrons. The fraction of sp³-hybridized carbons (Fsp3) is 0.267. The summed E-state index contributed by atoms with van der Waals surface area (Å²) in [5, 5.41) is 12.8. The van der Waals surface area contributed by atoms with Gasteiger partial charge in [-0.05, 0) is 23.8 Å². The molecule has 1 aromatic carbocycles. The van der Waals surface area contributed by atoms with Gasteiger partial charge in [-0.3, -0.25) is 0 Å². The summed E-state index contributed by atoms with van der Waals surface area (Å²) < 4.78 is 31.5. The maximum absolute atomic E-state index is 13.5. The third kappa shape index (κ3) is 4.21. The molecule has 0 saturated carbocycles. The van der Waals surface area contributed by atoms with Gasteiger partial charge in [0.1, 0.15) is 11.6 Å². The molecule has 2 aromatic rings. The van der Waals surface area contributed by atoms with Gasteiger partial charge in [-0.15, -0.1) is 0 Å². The number of hydrogen-bond acceptors (Lipinski definition) is 4. The minimum absolute atomic E-state index is 0.0599. The number of nitrogens with zero attached hydrogens (tertiary/aromatic N) is 1. The zero-order valence-corrected chi connectivity index (χ0v) is 11.5. The molecule has 2 rings (SSSR count). The molecule has 0 bridgehead atoms. The third-order valence-electron chi connectivity index (χ3n) is 2.99. The molecule has 0 aliphatic heterocycles. The average Bonchev–Trinajstić information content (AvgIpc) is 2.50. The van der Waals surface area contributed by atoms with E-state index in [-0.39, 0.29) is 12.1 Å². The van der Waals surface area contributed by atoms with Gasteiger partial charge in [0, 0.05) is 30.9 Å². The van der Waals surface area contributed by atoms with E-state index in [0.29, 0.717) is 12.4 Å². The Labute approximate surface area is 121 Å². The van der Waals surface area contributed by atoms with Gasteiger partial charge in [-0.2, -0.15) is 0 Å². The Morgan fingerprint density at radius 3 is 2.76 bits per heavy atom. The first-order chi connectivity index (χ1) is 10.1. The predicted molar refractivity (Wildman–Crippen MR) is 73.8 cm³/mol. The normalized spacial score (nSPS) is 12.2. The van der Waals surface area contributed by atoms with Crippen LogP contribution in [0.5, 0.6) is 5.88 Å². The van der Waals surface area contributed by atoms with E-state index >= 15 is 0 Å². The maximum atomic E-state index is 13.5. The fourth-order valence-corrected chi connectivity index (χ4v) is 1.87. The molecular formula is C15H16F2N2O2. The molecule has 0 spiro atoms. The monoisotopic (exact) mass is 294 g/mol. The second-order valence-corrected chi connectivity index (χ2v) is 4.52. The molecule has 0 amide bonds. The van der Waals surface area contributed by atoms with Gasteiger partial charge in [-0.25, -0.2) is 13.8 Å². The molecule has 112 valence electrons. The lowest BCUT2D eigenvalue weighted by atomic mass is 10.1. The number of aliphatic hydroxyl groups excluding tert-OH is 1. The quantitative estimate of drug-likeness (QED) is 0.857. The van der Waals surface area contributed by atoms with Crippen LogP contribution in [-0.2, 0) is 6.54 Å². The minimum Gasteiger partial charge on any atom is -0.481 e. The smallest absolute Gasteiger partial charge is 0.212 e. The molecule has 2 N–H and O–H groups in total. The first-order valence-corrected chi connectivity index (χ1v) is 6.43. The van der Waals surface area contributed by atoms with Crippen LogP contribution in [0.25, 0.3) is 0 Å². The first-order valence-electron chi connectivity index (χ1n) is 6.43. The molecule has 1 atom stereocenters. The van der Waals surface area contributed by atoms with Crippen molar-refractivity contribution in [3.63, 3.8) is 0 Å². The van der Waals surface area contributed by atoms with Crippen LogP contribution >= 0.6 is 0 Å². The van der Waals surface area contributed by atoms with Gasteiger partial charge in [0.25, 0.3) is 0 Å². The Morgan fingerprint density at radius 1 is 1.29 bits per heavy atom. The van der Waals surface area contributed by atoms with Crippen molar-refractivity contribution in [1.29, 1.82) is 0 Å². The summed E-state index contributed by atoms with van der Waals surface area (Å²) in [6.07, 6.45) is 0.521. The number of benzene rings is 1. The fourth-order valence-electron chi connectivity index (χ4n) is 1.87. The highest BCUT2D eigenvalue weighted by molar-refractivity contribution is 5.21. The number of nitrogens with one attached hydrogen (secondary N) is 1. The SMILES string of the molecule is COc1ccc(CNCC(O)c2cc(F)ccc2F)cn1. The van der Waals surface area contributed by atoms with Crippen molar-refractivity contribution < 1.29 is 18.6 Å². The zero-order chi connectivity index (χ0) is 15.2. The Balaban J connectivity index is 1.88. The Morgan fingerprint density at radius 2 is 2.10 bits per heavy atom. The highest BCUT2D eigenvalue weighted by Crippen LogP contribution is 2.17. The molecule has 1 unspecified atom stereocenters. The number of methoxy groups -OCH3 is 1. The largest absolute Gasteiger partial charge is 0.481 e. The van der Waals surface area contributed by atoms with Gasteiger partial charge < -0.3 is 15.2 Å². The van der Waals surface area contributed by atoms with Crippen molar-refractivity contribution in [3.8, 4) is 5.88 Å². The van der Waals surface area contributed by atoms with Crippen molar-refractivity contribution in [2.24, 2.45) is 0 Å². The molecule has 1 aromatic heterocycles. The Bertz CT molecular complexity index is 591. The second-order valence-electron chi connectivity index (χ2n) is 4.52. The van der Waals surface area contributed by atoms with Crippen molar-refractivity contribution in [1.82, 2.24) is 10.3 Å². The molecule has 0 aliphatic rings. The van der Waals surface area contributed by atoms with E-state index in [4.69, 9.17) is 4.74 Å². The second kappa shape index (κ2) is 7.10. The van der Waals surface area contributed by atoms with Gasteiger partial charge in [-0.1, -0.05) is 6.07 Å². The summed E-state index contributed by atoms with van der Waals surface area (Å²) in [7, 11) is 1.53. The van der Waals surface area contributed by atoms with Crippen molar-refractivity contribution in [2.45, 2.75) is 12.6 Å². The summed E-state index contributed by atoms with van der Waals surface area (Å²) in [6, 6.07) is 6.56. The number of hydrogen-bond donors (Lipinski definition) is 2. The standard InChI is InChI=1S/C15H16F2N2O2/c1-21-15-5-2-10(8-19-15)7-18-9-14(20)12-6-11(16)3-4-13(12)17/h2-6,8,14,18,20H,7,9H2,1H3. The van der Waals surface area contributed by atoms with Gasteiger partial charge in [0.05, 0.1) is 13.2 Å². The lowest BCUT2D eigenvalue weighted by Crippen LogP contribution is -2.22. The Kier molecular flexibility index (Phi) is 5.19. The van der Waals surface area contributed by atoms with Crippen molar-refractivity contribution in [2.75, 3.05) is 13.7 Å². The van der Waals surface area contributed by atoms with Crippen LogP contribution in [0.4, 0.5) is 8.78 Å². The van der Waals surface area contributed by atoms with Crippen molar-refractivity contribution in [3.05, 3.63) is 59.3 Å². The van der Waals surface area contributed by atoms with E-state index in [1.807, 2.05) is 6.07 Å². The predicted octanol–water partition coefficient (Wildman–Crippen LogP) is 2.19. The maximum Gasteiger partial charge on any atom is 0.212 e. The van der Waals surface area contributed by atoms with Crippen LogP contribution in [0.15, 0.2) is 36.5 Å². The lowest BCUT2D eigenvalue weighted by molar-refractivity contribution is 0.169. The summed E-state index contributed by atoms with van der Waals surface area (Å²) in [5.74, 6) is -0.692. The number of pyridine rings is 1. The van der Waals surface area contributed by atoms with Gasteiger partial charge >= 0.3 is 0 Å². The number of aliphatic hydroxyl groups is 1.